The number of unbranched alkanes of at least 4 members (excludes halogenated alkanes) is 1. The number of carbonyl (C=O) groups excluding carboxylic acids is 1. The maximum atomic E-state index is 10.8. The SMILES string of the molecule is NC(=O)[C@@H](CCCCN1CCOCC1)NO. The van der Waals surface area contributed by atoms with Crippen molar-refractivity contribution in [2.24, 2.45) is 5.73 Å². The normalized spacial score (nSPS) is 19.6. The second-order valence-corrected chi connectivity index (χ2v) is 4.03. The molecule has 6 heteroatoms. The largest absolute Gasteiger partial charge is 0.379 e. The number of nitrogens with zero attached hydrogens (tertiary/aromatic N) is 1. The van der Waals surface area contributed by atoms with Crippen LogP contribution >= 0.6 is 0 Å². The minimum Gasteiger partial charge on any atom is -0.379 e. The number of hydrogen-bond acceptors (Lipinski definition) is 5. The van der Waals surface area contributed by atoms with Crippen LogP contribution in [0, 0.1) is 0 Å². The molecule has 0 radical (unpaired) electrons. The van der Waals surface area contributed by atoms with Crippen LogP contribution in [-0.4, -0.2) is 54.9 Å². The number of hydrogen-bond donors (Lipinski definition) is 3. The van der Waals surface area contributed by atoms with Crippen LogP contribution in [-0.2, 0) is 9.53 Å². The molecular formula is C10H21N3O3. The Hall–Kier alpha value is -0.690. The van der Waals surface area contributed by atoms with Crippen molar-refractivity contribution in [3.63, 3.8) is 0 Å². The molecule has 1 fully saturated rings. The summed E-state index contributed by atoms with van der Waals surface area (Å²) in [5, 5.41) is 8.67. The van der Waals surface area contributed by atoms with E-state index in [1.54, 1.807) is 0 Å². The average Bonchev–Trinajstić information content (AvgIpc) is 2.30. The number of ether oxygens (including phenoxy) is 1. The van der Waals surface area contributed by atoms with Crippen molar-refractivity contribution >= 4 is 5.91 Å². The van der Waals surface area contributed by atoms with Crippen molar-refractivity contribution in [3.05, 3.63) is 0 Å². The number of nitrogens with two attached hydrogens (primary N) is 1. The summed E-state index contributed by atoms with van der Waals surface area (Å²) >= 11 is 0. The van der Waals surface area contributed by atoms with Gasteiger partial charge < -0.3 is 15.7 Å². The molecule has 1 atom stereocenters. The van der Waals surface area contributed by atoms with Gasteiger partial charge in [0.05, 0.1) is 13.2 Å². The van der Waals surface area contributed by atoms with Crippen molar-refractivity contribution in [3.8, 4) is 0 Å². The minimum absolute atomic E-state index is 0.506. The Balaban J connectivity index is 2.03. The molecule has 0 aromatic rings. The Morgan fingerprint density at radius 3 is 2.69 bits per heavy atom. The van der Waals surface area contributed by atoms with Crippen LogP contribution in [0.15, 0.2) is 0 Å². The Morgan fingerprint density at radius 2 is 2.12 bits per heavy atom. The third kappa shape index (κ3) is 4.89. The molecule has 0 spiro atoms. The minimum atomic E-state index is -0.621. The first-order valence-electron chi connectivity index (χ1n) is 5.73. The van der Waals surface area contributed by atoms with Gasteiger partial charge in [0.15, 0.2) is 0 Å². The zero-order valence-corrected chi connectivity index (χ0v) is 9.52. The average molecular weight is 231 g/mol. The second-order valence-electron chi connectivity index (χ2n) is 4.03. The first-order chi connectivity index (χ1) is 7.74. The van der Waals surface area contributed by atoms with E-state index in [4.69, 9.17) is 15.7 Å². The van der Waals surface area contributed by atoms with Gasteiger partial charge in [-0.05, 0) is 19.4 Å². The van der Waals surface area contributed by atoms with E-state index >= 15 is 0 Å². The molecular weight excluding hydrogens is 210 g/mol. The number of hydroxylamine groups is 1. The molecule has 0 aliphatic carbocycles. The molecule has 1 amide bonds. The Kier molecular flexibility index (Phi) is 6.32. The van der Waals surface area contributed by atoms with E-state index in [0.29, 0.717) is 6.42 Å². The smallest absolute Gasteiger partial charge is 0.236 e. The zero-order chi connectivity index (χ0) is 11.8. The highest BCUT2D eigenvalue weighted by molar-refractivity contribution is 5.79. The highest BCUT2D eigenvalue weighted by Gasteiger charge is 2.14. The van der Waals surface area contributed by atoms with Crippen molar-refractivity contribution in [1.82, 2.24) is 10.4 Å². The zero-order valence-electron chi connectivity index (χ0n) is 9.52. The highest BCUT2D eigenvalue weighted by Crippen LogP contribution is 2.04. The number of nitrogens with one attached hydrogen (secondary N) is 1. The fourth-order valence-corrected chi connectivity index (χ4v) is 1.78. The van der Waals surface area contributed by atoms with Gasteiger partial charge in [0, 0.05) is 13.1 Å². The number of morpholine rings is 1. The van der Waals surface area contributed by atoms with E-state index in [1.807, 2.05) is 5.48 Å². The van der Waals surface area contributed by atoms with Crippen molar-refractivity contribution in [2.75, 3.05) is 32.8 Å². The molecule has 1 rings (SSSR count). The Labute approximate surface area is 95.7 Å². The monoisotopic (exact) mass is 231 g/mol. The van der Waals surface area contributed by atoms with Gasteiger partial charge in [0.2, 0.25) is 5.91 Å². The molecule has 4 N–H and O–H groups in total. The topological polar surface area (TPSA) is 87.8 Å². The molecule has 0 aromatic carbocycles. The quantitative estimate of drug-likeness (QED) is 0.399. The first kappa shape index (κ1) is 13.4. The summed E-state index contributed by atoms with van der Waals surface area (Å²) in [6, 6.07) is -0.621. The lowest BCUT2D eigenvalue weighted by Gasteiger charge is -2.26. The van der Waals surface area contributed by atoms with E-state index in [1.165, 1.54) is 0 Å². The standard InChI is InChI=1S/C10H21N3O3/c11-10(14)9(12-15)3-1-2-4-13-5-7-16-8-6-13/h9,12,15H,1-8H2,(H2,11,14)/t9-/m1/s1. The number of carbonyl (C=O) groups is 1. The van der Waals surface area contributed by atoms with Gasteiger partial charge in [-0.3, -0.25) is 9.69 Å². The van der Waals surface area contributed by atoms with Crippen molar-refractivity contribution in [2.45, 2.75) is 25.3 Å². The summed E-state index contributed by atoms with van der Waals surface area (Å²) < 4.78 is 5.25. The van der Waals surface area contributed by atoms with Crippen LogP contribution in [0.5, 0.6) is 0 Å². The predicted octanol–water partition coefficient (Wildman–Crippen LogP) is -0.678. The molecule has 1 saturated heterocycles. The summed E-state index contributed by atoms with van der Waals surface area (Å²) in [6.45, 7) is 4.60. The van der Waals surface area contributed by atoms with Gasteiger partial charge in [-0.2, -0.15) is 5.48 Å². The van der Waals surface area contributed by atoms with Gasteiger partial charge >= 0.3 is 0 Å². The van der Waals surface area contributed by atoms with Crippen LogP contribution in [0.3, 0.4) is 0 Å². The summed E-state index contributed by atoms with van der Waals surface area (Å²) in [5.74, 6) is -0.506. The molecule has 1 aliphatic heterocycles. The Bertz CT molecular complexity index is 207. The lowest BCUT2D eigenvalue weighted by atomic mass is 10.1. The van der Waals surface area contributed by atoms with Crippen LogP contribution in [0.25, 0.3) is 0 Å². The molecule has 1 aliphatic rings. The van der Waals surface area contributed by atoms with Gasteiger partial charge in [-0.1, -0.05) is 6.42 Å². The maximum absolute atomic E-state index is 10.8. The molecule has 16 heavy (non-hydrogen) atoms. The molecule has 0 saturated carbocycles. The molecule has 0 aromatic heterocycles. The van der Waals surface area contributed by atoms with E-state index in [2.05, 4.69) is 4.90 Å². The highest BCUT2D eigenvalue weighted by atomic mass is 16.5. The van der Waals surface area contributed by atoms with Gasteiger partial charge in [0.1, 0.15) is 6.04 Å². The Morgan fingerprint density at radius 1 is 1.44 bits per heavy atom. The molecule has 6 nitrogen and oxygen atoms in total. The molecule has 0 unspecified atom stereocenters. The summed E-state index contributed by atoms with van der Waals surface area (Å²) in [7, 11) is 0. The lowest BCUT2D eigenvalue weighted by Crippen LogP contribution is -2.40. The summed E-state index contributed by atoms with van der Waals surface area (Å²) in [5.41, 5.74) is 7.02. The fraction of sp³-hybridized carbons (Fsp3) is 0.900. The van der Waals surface area contributed by atoms with Gasteiger partial charge in [-0.25, -0.2) is 0 Å². The number of amides is 1. The third-order valence-corrected chi connectivity index (χ3v) is 2.82. The van der Waals surface area contributed by atoms with Crippen LogP contribution in [0.1, 0.15) is 19.3 Å². The third-order valence-electron chi connectivity index (χ3n) is 2.82. The maximum Gasteiger partial charge on any atom is 0.236 e. The van der Waals surface area contributed by atoms with Gasteiger partial charge in [-0.15, -0.1) is 0 Å². The van der Waals surface area contributed by atoms with Crippen LogP contribution < -0.4 is 11.2 Å². The number of primary amides is 1. The van der Waals surface area contributed by atoms with E-state index < -0.39 is 11.9 Å². The lowest BCUT2D eigenvalue weighted by molar-refractivity contribution is -0.122. The van der Waals surface area contributed by atoms with Gasteiger partial charge in [0.25, 0.3) is 0 Å². The van der Waals surface area contributed by atoms with E-state index in [9.17, 15) is 4.79 Å². The predicted molar refractivity (Wildman–Crippen MR) is 59.0 cm³/mol. The van der Waals surface area contributed by atoms with E-state index in [-0.39, 0.29) is 0 Å². The van der Waals surface area contributed by atoms with Crippen LogP contribution in [0.2, 0.25) is 0 Å². The van der Waals surface area contributed by atoms with E-state index in [0.717, 1.165) is 45.7 Å². The second kappa shape index (κ2) is 7.56. The fourth-order valence-electron chi connectivity index (χ4n) is 1.78. The molecule has 0 bridgehead atoms. The van der Waals surface area contributed by atoms with Crippen molar-refractivity contribution < 1.29 is 14.7 Å². The summed E-state index contributed by atoms with van der Waals surface area (Å²) in [4.78, 5) is 13.1. The number of rotatable bonds is 7. The van der Waals surface area contributed by atoms with Crippen molar-refractivity contribution in [1.29, 1.82) is 0 Å². The first-order valence-corrected chi connectivity index (χ1v) is 5.73. The molecule has 1 heterocycles. The van der Waals surface area contributed by atoms with Crippen LogP contribution in [0.4, 0.5) is 0 Å². The molecule has 94 valence electrons. The summed E-state index contributed by atoms with van der Waals surface area (Å²) in [6.07, 6.45) is 2.46.